The Hall–Kier alpha value is -0.650. The Morgan fingerprint density at radius 1 is 1.12 bits per heavy atom. The molecule has 102 valence electrons. The molecule has 0 spiro atoms. The average Bonchev–Trinajstić information content (AvgIpc) is 2.28. The van der Waals surface area contributed by atoms with Gasteiger partial charge in [0.05, 0.1) is 13.2 Å². The smallest absolute Gasteiger partial charge is 0.314 e. The van der Waals surface area contributed by atoms with E-state index in [4.69, 9.17) is 5.11 Å². The van der Waals surface area contributed by atoms with Crippen LogP contribution in [0.15, 0.2) is 0 Å². The van der Waals surface area contributed by atoms with Gasteiger partial charge in [0.15, 0.2) is 0 Å². The molecule has 0 aromatic rings. The summed E-state index contributed by atoms with van der Waals surface area (Å²) in [5.74, 6) is -1.36. The van der Waals surface area contributed by atoms with Crippen molar-refractivity contribution in [2.75, 3.05) is 19.8 Å². The second kappa shape index (κ2) is 7.63. The van der Waals surface area contributed by atoms with Crippen molar-refractivity contribution in [1.82, 2.24) is 0 Å². The molecule has 0 fully saturated rings. The van der Waals surface area contributed by atoms with E-state index in [1.54, 1.807) is 0 Å². The van der Waals surface area contributed by atoms with Gasteiger partial charge in [-0.3, -0.25) is 4.79 Å². The monoisotopic (exact) mass is 248 g/mol. The third kappa shape index (κ3) is 4.26. The third-order valence-electron chi connectivity index (χ3n) is 3.33. The van der Waals surface area contributed by atoms with E-state index in [1.165, 1.54) is 0 Å². The number of aliphatic hydroxyl groups is 3. The summed E-state index contributed by atoms with van der Waals surface area (Å²) >= 11 is 0. The van der Waals surface area contributed by atoms with Crippen LogP contribution in [0, 0.1) is 17.3 Å². The highest BCUT2D eigenvalue weighted by Crippen LogP contribution is 2.31. The number of carbonyl (C=O) groups is 1. The molecule has 1 atom stereocenters. The quantitative estimate of drug-likeness (QED) is 0.475. The van der Waals surface area contributed by atoms with Crippen LogP contribution in [0.2, 0.25) is 0 Å². The van der Waals surface area contributed by atoms with Gasteiger partial charge in [0, 0.05) is 12.5 Å². The summed E-state index contributed by atoms with van der Waals surface area (Å²) in [6, 6.07) is 0. The summed E-state index contributed by atoms with van der Waals surface area (Å²) in [6.45, 7) is 2.47. The van der Waals surface area contributed by atoms with Crippen LogP contribution in [0.25, 0.3) is 0 Å². The lowest BCUT2D eigenvalue weighted by atomic mass is 9.74. The van der Waals surface area contributed by atoms with Crippen LogP contribution in [0.1, 0.15) is 33.1 Å². The van der Waals surface area contributed by atoms with Crippen LogP contribution in [-0.4, -0.2) is 46.2 Å². The molecule has 0 amide bonds. The molecule has 0 rings (SSSR count). The first-order valence-corrected chi connectivity index (χ1v) is 6.00. The first-order chi connectivity index (χ1) is 7.94. The van der Waals surface area contributed by atoms with E-state index in [9.17, 15) is 20.1 Å². The number of aliphatic carboxylic acids is 1. The Bertz CT molecular complexity index is 223. The molecule has 0 aromatic carbocycles. The standard InChI is InChI=1S/C12H24O5/c1-9(2)4-3-5-10(6-13)12(7-14,8-15)11(16)17/h9-10,13-15H,3-8H2,1-2H3,(H,16,17). The minimum atomic E-state index is -1.63. The molecule has 4 N–H and O–H groups in total. The molecule has 5 heteroatoms. The molecule has 0 saturated heterocycles. The van der Waals surface area contributed by atoms with Gasteiger partial charge in [-0.1, -0.05) is 26.7 Å². The Morgan fingerprint density at radius 2 is 1.65 bits per heavy atom. The van der Waals surface area contributed by atoms with Crippen molar-refractivity contribution in [3.8, 4) is 0 Å². The summed E-state index contributed by atoms with van der Waals surface area (Å²) < 4.78 is 0. The predicted molar refractivity (Wildman–Crippen MR) is 63.5 cm³/mol. The van der Waals surface area contributed by atoms with Gasteiger partial charge in [0.2, 0.25) is 0 Å². The van der Waals surface area contributed by atoms with Gasteiger partial charge in [-0.05, 0) is 12.3 Å². The van der Waals surface area contributed by atoms with Crippen molar-refractivity contribution < 1.29 is 25.2 Å². The molecule has 0 bridgehead atoms. The first kappa shape index (κ1) is 16.4. The zero-order valence-electron chi connectivity index (χ0n) is 10.6. The second-order valence-electron chi connectivity index (χ2n) is 4.98. The first-order valence-electron chi connectivity index (χ1n) is 6.00. The normalized spacial score (nSPS) is 14.0. The summed E-state index contributed by atoms with van der Waals surface area (Å²) in [7, 11) is 0. The third-order valence-corrected chi connectivity index (χ3v) is 3.33. The van der Waals surface area contributed by atoms with E-state index in [-0.39, 0.29) is 6.61 Å². The fraction of sp³-hybridized carbons (Fsp3) is 0.917. The maximum absolute atomic E-state index is 11.1. The summed E-state index contributed by atoms with van der Waals surface area (Å²) in [4.78, 5) is 11.1. The molecule has 1 unspecified atom stereocenters. The lowest BCUT2D eigenvalue weighted by Gasteiger charge is -2.33. The van der Waals surface area contributed by atoms with E-state index < -0.39 is 30.5 Å². The van der Waals surface area contributed by atoms with Crippen LogP contribution < -0.4 is 0 Å². The molecule has 0 aliphatic carbocycles. The van der Waals surface area contributed by atoms with Gasteiger partial charge < -0.3 is 20.4 Å². The minimum absolute atomic E-state index is 0.342. The molecule has 5 nitrogen and oxygen atoms in total. The molecule has 0 radical (unpaired) electrons. The van der Waals surface area contributed by atoms with Gasteiger partial charge in [0.25, 0.3) is 0 Å². The summed E-state index contributed by atoms with van der Waals surface area (Å²) in [6.07, 6.45) is 2.20. The Morgan fingerprint density at radius 3 is 1.94 bits per heavy atom. The summed E-state index contributed by atoms with van der Waals surface area (Å²) in [5.41, 5.74) is -1.63. The Labute approximate surface area is 102 Å². The highest BCUT2D eigenvalue weighted by Gasteiger charge is 2.44. The van der Waals surface area contributed by atoms with Crippen LogP contribution in [0.3, 0.4) is 0 Å². The molecule has 0 aliphatic rings. The Kier molecular flexibility index (Phi) is 7.34. The van der Waals surface area contributed by atoms with Crippen LogP contribution in [-0.2, 0) is 4.79 Å². The van der Waals surface area contributed by atoms with Crippen molar-refractivity contribution in [3.63, 3.8) is 0 Å². The molecule has 0 aliphatic heterocycles. The largest absolute Gasteiger partial charge is 0.481 e. The van der Waals surface area contributed by atoms with Gasteiger partial charge in [-0.25, -0.2) is 0 Å². The lowest BCUT2D eigenvalue weighted by Crippen LogP contribution is -2.46. The number of rotatable bonds is 9. The van der Waals surface area contributed by atoms with Crippen molar-refractivity contribution in [2.24, 2.45) is 17.3 Å². The predicted octanol–water partition coefficient (Wildman–Crippen LogP) is 0.477. The van der Waals surface area contributed by atoms with E-state index in [0.717, 1.165) is 12.8 Å². The SMILES string of the molecule is CC(C)CCCC(CO)C(CO)(CO)C(=O)O. The number of hydrogen-bond donors (Lipinski definition) is 4. The van der Waals surface area contributed by atoms with Gasteiger partial charge in [0.1, 0.15) is 5.41 Å². The van der Waals surface area contributed by atoms with E-state index in [2.05, 4.69) is 13.8 Å². The average molecular weight is 248 g/mol. The number of carboxylic acid groups (broad SMARTS) is 1. The maximum Gasteiger partial charge on any atom is 0.314 e. The molecular formula is C12H24O5. The van der Waals surface area contributed by atoms with Gasteiger partial charge in [-0.15, -0.1) is 0 Å². The van der Waals surface area contributed by atoms with E-state index in [0.29, 0.717) is 12.3 Å². The van der Waals surface area contributed by atoms with Crippen LogP contribution in [0.5, 0.6) is 0 Å². The molecule has 0 saturated carbocycles. The zero-order valence-corrected chi connectivity index (χ0v) is 10.6. The van der Waals surface area contributed by atoms with Gasteiger partial charge >= 0.3 is 5.97 Å². The van der Waals surface area contributed by atoms with E-state index in [1.807, 2.05) is 0 Å². The highest BCUT2D eigenvalue weighted by atomic mass is 16.4. The second-order valence-corrected chi connectivity index (χ2v) is 4.98. The van der Waals surface area contributed by atoms with Gasteiger partial charge in [-0.2, -0.15) is 0 Å². The van der Waals surface area contributed by atoms with E-state index >= 15 is 0 Å². The fourth-order valence-electron chi connectivity index (χ4n) is 1.93. The molecule has 0 aromatic heterocycles. The van der Waals surface area contributed by atoms with Crippen molar-refractivity contribution >= 4 is 5.97 Å². The zero-order chi connectivity index (χ0) is 13.5. The van der Waals surface area contributed by atoms with Crippen molar-refractivity contribution in [3.05, 3.63) is 0 Å². The topological polar surface area (TPSA) is 98.0 Å². The fourth-order valence-corrected chi connectivity index (χ4v) is 1.93. The number of hydrogen-bond acceptors (Lipinski definition) is 4. The highest BCUT2D eigenvalue weighted by molar-refractivity contribution is 5.75. The molecular weight excluding hydrogens is 224 g/mol. The Balaban J connectivity index is 4.62. The molecule has 0 heterocycles. The molecule has 17 heavy (non-hydrogen) atoms. The van der Waals surface area contributed by atoms with Crippen molar-refractivity contribution in [2.45, 2.75) is 33.1 Å². The van der Waals surface area contributed by atoms with Crippen LogP contribution in [0.4, 0.5) is 0 Å². The van der Waals surface area contributed by atoms with Crippen molar-refractivity contribution in [1.29, 1.82) is 0 Å². The summed E-state index contributed by atoms with van der Waals surface area (Å²) in [5, 5.41) is 36.8. The number of aliphatic hydroxyl groups excluding tert-OH is 3. The minimum Gasteiger partial charge on any atom is -0.481 e. The maximum atomic E-state index is 11.1. The van der Waals surface area contributed by atoms with Crippen LogP contribution >= 0.6 is 0 Å². The lowest BCUT2D eigenvalue weighted by molar-refractivity contribution is -0.162. The number of carboxylic acids is 1.